The van der Waals surface area contributed by atoms with E-state index in [1.165, 1.54) is 12.8 Å². The summed E-state index contributed by atoms with van der Waals surface area (Å²) >= 11 is 7.12. The fraction of sp³-hybridized carbons (Fsp3) is 0.667. The van der Waals surface area contributed by atoms with Gasteiger partial charge >= 0.3 is 0 Å². The molecule has 0 aliphatic heterocycles. The van der Waals surface area contributed by atoms with Crippen molar-refractivity contribution in [3.8, 4) is 0 Å². The molecule has 0 saturated heterocycles. The first-order chi connectivity index (χ1) is 3.71. The zero-order valence-corrected chi connectivity index (χ0v) is 7.70. The topological polar surface area (TPSA) is 0 Å². The molecule has 0 aromatic carbocycles. The standard InChI is InChI=1S/C6H8Br2/c7-6(8)4-2-1-3-5-6/h1-2H,3-5H2. The molecule has 0 atom stereocenters. The van der Waals surface area contributed by atoms with Gasteiger partial charge in [0.15, 0.2) is 0 Å². The summed E-state index contributed by atoms with van der Waals surface area (Å²) in [5.74, 6) is 0. The highest BCUT2D eigenvalue weighted by atomic mass is 79.9. The Balaban J connectivity index is 2.50. The van der Waals surface area contributed by atoms with Crippen molar-refractivity contribution in [2.75, 3.05) is 0 Å². The van der Waals surface area contributed by atoms with E-state index in [0.29, 0.717) is 0 Å². The predicted molar refractivity (Wildman–Crippen MR) is 43.6 cm³/mol. The van der Waals surface area contributed by atoms with Gasteiger partial charge in [0.25, 0.3) is 0 Å². The van der Waals surface area contributed by atoms with Crippen LogP contribution in [-0.4, -0.2) is 3.23 Å². The Kier molecular flexibility index (Phi) is 2.15. The summed E-state index contributed by atoms with van der Waals surface area (Å²) in [5, 5.41) is 0. The highest BCUT2D eigenvalue weighted by Gasteiger charge is 2.21. The molecule has 0 amide bonds. The van der Waals surface area contributed by atoms with Gasteiger partial charge in [0.2, 0.25) is 0 Å². The molecule has 0 spiro atoms. The van der Waals surface area contributed by atoms with Crippen LogP contribution in [0.1, 0.15) is 19.3 Å². The molecule has 1 aliphatic rings. The largest absolute Gasteiger partial charge is 0.0884 e. The first-order valence-electron chi connectivity index (χ1n) is 2.73. The third kappa shape index (κ3) is 1.90. The van der Waals surface area contributed by atoms with E-state index in [0.717, 1.165) is 6.42 Å². The summed E-state index contributed by atoms with van der Waals surface area (Å²) in [6.45, 7) is 0. The maximum absolute atomic E-state index is 3.56. The van der Waals surface area contributed by atoms with Crippen LogP contribution in [0.25, 0.3) is 0 Å². The average molecular weight is 240 g/mol. The van der Waals surface area contributed by atoms with Crippen LogP contribution in [0.5, 0.6) is 0 Å². The minimum atomic E-state index is 0.217. The number of hydrogen-bond donors (Lipinski definition) is 0. The zero-order valence-electron chi connectivity index (χ0n) is 4.53. The van der Waals surface area contributed by atoms with E-state index in [2.05, 4.69) is 44.0 Å². The third-order valence-electron chi connectivity index (χ3n) is 1.26. The Morgan fingerprint density at radius 1 is 1.25 bits per heavy atom. The fourth-order valence-corrected chi connectivity index (χ4v) is 1.60. The Bertz CT molecular complexity index is 105. The van der Waals surface area contributed by atoms with Crippen molar-refractivity contribution in [2.24, 2.45) is 0 Å². The smallest absolute Gasteiger partial charge is 0.0842 e. The van der Waals surface area contributed by atoms with Crippen molar-refractivity contribution in [2.45, 2.75) is 22.5 Å². The molecule has 0 nitrogen and oxygen atoms in total. The average Bonchev–Trinajstić information content (AvgIpc) is 1.65. The fourth-order valence-electron chi connectivity index (χ4n) is 0.770. The Hall–Kier alpha value is 0.700. The number of allylic oxidation sites excluding steroid dienone is 2. The van der Waals surface area contributed by atoms with Crippen LogP contribution in [0, 0.1) is 0 Å². The van der Waals surface area contributed by atoms with Gasteiger partial charge in [0.1, 0.15) is 0 Å². The molecular formula is C6H8Br2. The van der Waals surface area contributed by atoms with Crippen LogP contribution in [-0.2, 0) is 0 Å². The quantitative estimate of drug-likeness (QED) is 0.450. The van der Waals surface area contributed by atoms with Crippen LogP contribution in [0.3, 0.4) is 0 Å². The van der Waals surface area contributed by atoms with Gasteiger partial charge in [-0.25, -0.2) is 0 Å². The molecule has 0 unspecified atom stereocenters. The zero-order chi connectivity index (χ0) is 6.04. The lowest BCUT2D eigenvalue weighted by molar-refractivity contribution is 0.726. The van der Waals surface area contributed by atoms with Crippen LogP contribution >= 0.6 is 31.9 Å². The van der Waals surface area contributed by atoms with Gasteiger partial charge in [-0.15, -0.1) is 0 Å². The second-order valence-corrected chi connectivity index (χ2v) is 6.17. The molecule has 2 heteroatoms. The van der Waals surface area contributed by atoms with Crippen molar-refractivity contribution in [1.29, 1.82) is 0 Å². The van der Waals surface area contributed by atoms with E-state index in [4.69, 9.17) is 0 Å². The lowest BCUT2D eigenvalue weighted by Gasteiger charge is -2.20. The second kappa shape index (κ2) is 2.53. The SMILES string of the molecule is BrC1(Br)CC=CCC1. The van der Waals surface area contributed by atoms with Crippen LogP contribution in [0.4, 0.5) is 0 Å². The molecule has 46 valence electrons. The Morgan fingerprint density at radius 3 is 2.25 bits per heavy atom. The molecular weight excluding hydrogens is 232 g/mol. The molecule has 0 saturated carbocycles. The Morgan fingerprint density at radius 2 is 2.00 bits per heavy atom. The molecule has 8 heavy (non-hydrogen) atoms. The number of halogens is 2. The van der Waals surface area contributed by atoms with Gasteiger partial charge < -0.3 is 0 Å². The van der Waals surface area contributed by atoms with Crippen molar-refractivity contribution in [3.05, 3.63) is 12.2 Å². The summed E-state index contributed by atoms with van der Waals surface area (Å²) in [6.07, 6.45) is 7.92. The molecule has 1 aliphatic carbocycles. The first kappa shape index (κ1) is 6.81. The highest BCUT2D eigenvalue weighted by molar-refractivity contribution is 9.25. The molecule has 0 fully saturated rings. The minimum absolute atomic E-state index is 0.217. The molecule has 0 aromatic heterocycles. The highest BCUT2D eigenvalue weighted by Crippen LogP contribution is 2.37. The summed E-state index contributed by atoms with van der Waals surface area (Å²) in [7, 11) is 0. The van der Waals surface area contributed by atoms with Crippen LogP contribution < -0.4 is 0 Å². The molecule has 0 aromatic rings. The minimum Gasteiger partial charge on any atom is -0.0884 e. The van der Waals surface area contributed by atoms with Crippen molar-refractivity contribution >= 4 is 31.9 Å². The van der Waals surface area contributed by atoms with Gasteiger partial charge in [-0.2, -0.15) is 0 Å². The maximum Gasteiger partial charge on any atom is 0.0842 e. The van der Waals surface area contributed by atoms with E-state index in [1.807, 2.05) is 0 Å². The summed E-state index contributed by atoms with van der Waals surface area (Å²) in [4.78, 5) is 0. The molecule has 0 bridgehead atoms. The van der Waals surface area contributed by atoms with Gasteiger partial charge in [0.05, 0.1) is 3.23 Å². The summed E-state index contributed by atoms with van der Waals surface area (Å²) in [5.41, 5.74) is 0. The predicted octanol–water partition coefficient (Wildman–Crippen LogP) is 3.21. The first-order valence-corrected chi connectivity index (χ1v) is 4.32. The summed E-state index contributed by atoms with van der Waals surface area (Å²) < 4.78 is 0.217. The molecule has 0 N–H and O–H groups in total. The lowest BCUT2D eigenvalue weighted by Crippen LogP contribution is -2.11. The van der Waals surface area contributed by atoms with E-state index < -0.39 is 0 Å². The second-order valence-electron chi connectivity index (χ2n) is 2.07. The number of alkyl halides is 2. The van der Waals surface area contributed by atoms with Crippen LogP contribution in [0.15, 0.2) is 12.2 Å². The van der Waals surface area contributed by atoms with Crippen molar-refractivity contribution in [1.82, 2.24) is 0 Å². The maximum atomic E-state index is 3.56. The molecule has 0 heterocycles. The van der Waals surface area contributed by atoms with Crippen molar-refractivity contribution < 1.29 is 0 Å². The monoisotopic (exact) mass is 238 g/mol. The summed E-state index contributed by atoms with van der Waals surface area (Å²) in [6, 6.07) is 0. The van der Waals surface area contributed by atoms with Gasteiger partial charge in [-0.05, 0) is 19.3 Å². The molecule has 0 radical (unpaired) electrons. The molecule has 1 rings (SSSR count). The normalized spacial score (nSPS) is 25.8. The number of rotatable bonds is 0. The van der Waals surface area contributed by atoms with Gasteiger partial charge in [-0.3, -0.25) is 0 Å². The Labute approximate surface area is 66.6 Å². The van der Waals surface area contributed by atoms with E-state index in [1.54, 1.807) is 0 Å². The van der Waals surface area contributed by atoms with E-state index in [-0.39, 0.29) is 3.23 Å². The van der Waals surface area contributed by atoms with Crippen LogP contribution in [0.2, 0.25) is 0 Å². The van der Waals surface area contributed by atoms with Gasteiger partial charge in [0, 0.05) is 0 Å². The van der Waals surface area contributed by atoms with Gasteiger partial charge in [-0.1, -0.05) is 44.0 Å². The third-order valence-corrected chi connectivity index (χ3v) is 2.70. The number of hydrogen-bond acceptors (Lipinski definition) is 0. The van der Waals surface area contributed by atoms with E-state index >= 15 is 0 Å². The lowest BCUT2D eigenvalue weighted by atomic mass is 10.1. The van der Waals surface area contributed by atoms with E-state index in [9.17, 15) is 0 Å². The van der Waals surface area contributed by atoms with Crippen molar-refractivity contribution in [3.63, 3.8) is 0 Å².